The summed E-state index contributed by atoms with van der Waals surface area (Å²) in [5.41, 5.74) is 7.38. The van der Waals surface area contributed by atoms with Crippen LogP contribution in [-0.4, -0.2) is 29.6 Å². The third-order valence-corrected chi connectivity index (χ3v) is 9.72. The molecule has 4 rings (SSSR count). The number of imidazole rings is 1. The molecule has 2 aliphatic rings. The largest absolute Gasteiger partial charge is 0.397 e. The number of esters is 2. The second-order valence-electron chi connectivity index (χ2n) is 11.7. The number of anilines is 1. The van der Waals surface area contributed by atoms with Crippen LogP contribution in [0.15, 0.2) is 23.0 Å². The first-order valence-corrected chi connectivity index (χ1v) is 16.6. The van der Waals surface area contributed by atoms with Gasteiger partial charge in [-0.2, -0.15) is 0 Å². The van der Waals surface area contributed by atoms with Crippen molar-refractivity contribution in [2.75, 3.05) is 5.73 Å². The minimum atomic E-state index is -1.30. The van der Waals surface area contributed by atoms with Gasteiger partial charge >= 0.3 is 17.6 Å². The van der Waals surface area contributed by atoms with E-state index in [1.165, 1.54) is 0 Å². The number of aromatic amines is 1. The molecule has 1 heterocycles. The Morgan fingerprint density at radius 1 is 1.12 bits per heavy atom. The number of carbonyl (C=O) groups excluding carboxylic acids is 2. The fraction of sp³-hybridized carbons (Fsp3) is 0.654. The number of aromatic nitrogens is 2. The van der Waals surface area contributed by atoms with Gasteiger partial charge in [-0.1, -0.05) is 51.0 Å². The molecule has 7 nitrogen and oxygen atoms in total. The number of para-hydroxylation sites is 1. The van der Waals surface area contributed by atoms with E-state index in [1.54, 1.807) is 10.6 Å². The molecule has 8 heteroatoms. The molecule has 0 amide bonds. The fourth-order valence-corrected chi connectivity index (χ4v) is 7.01. The van der Waals surface area contributed by atoms with E-state index < -0.39 is 13.5 Å². The maximum Gasteiger partial charge on any atom is 0.326 e. The summed E-state index contributed by atoms with van der Waals surface area (Å²) in [6.07, 6.45) is 8.33. The van der Waals surface area contributed by atoms with Gasteiger partial charge in [0.05, 0.1) is 28.1 Å². The summed E-state index contributed by atoms with van der Waals surface area (Å²) in [4.78, 5) is 41.7. The second-order valence-corrected chi connectivity index (χ2v) is 17.3. The van der Waals surface area contributed by atoms with Crippen molar-refractivity contribution >= 4 is 36.7 Å². The summed E-state index contributed by atoms with van der Waals surface area (Å²) in [5.74, 6) is -0.957. The minimum absolute atomic E-state index is 0.00392. The van der Waals surface area contributed by atoms with Crippen molar-refractivity contribution in [3.8, 4) is 0 Å². The predicted octanol–water partition coefficient (Wildman–Crippen LogP) is 5.39. The summed E-state index contributed by atoms with van der Waals surface area (Å²) in [6, 6.07) is 6.59. The lowest BCUT2D eigenvalue weighted by Gasteiger charge is -2.36. The number of nitrogens with zero attached hydrogens (tertiary/aromatic N) is 1. The molecule has 1 aromatic carbocycles. The lowest BCUT2D eigenvalue weighted by molar-refractivity contribution is -0.172. The van der Waals surface area contributed by atoms with Gasteiger partial charge in [-0.25, -0.2) is 4.79 Å². The Kier molecular flexibility index (Phi) is 7.08. The molecule has 186 valence electrons. The average Bonchev–Trinajstić information content (AvgIpc) is 3.15. The van der Waals surface area contributed by atoms with Gasteiger partial charge < -0.3 is 15.5 Å². The molecule has 2 fully saturated rings. The number of nitrogen functional groups attached to an aromatic ring is 1. The van der Waals surface area contributed by atoms with E-state index in [1.807, 2.05) is 12.1 Å². The number of hydrogen-bond donors (Lipinski definition) is 2. The number of benzene rings is 1. The molecule has 2 aromatic rings. The predicted molar refractivity (Wildman–Crippen MR) is 137 cm³/mol. The van der Waals surface area contributed by atoms with E-state index in [2.05, 4.69) is 24.6 Å². The van der Waals surface area contributed by atoms with Crippen LogP contribution >= 0.6 is 0 Å². The standard InChI is InChI=1S/C26H39N3O4Si/c1-34(2,3)17-16-26(14-5-4-6-15-26)24(31)33-23(30)18-10-12-19(13-11-18)29-21-9-7-8-20(27)22(21)28-25(29)32/h7-9,18-19H,4-6,10-17,27H2,1-3H3,(H,28,32). The molecule has 0 radical (unpaired) electrons. The third-order valence-electron chi connectivity index (χ3n) is 7.97. The molecule has 1 aromatic heterocycles. The summed E-state index contributed by atoms with van der Waals surface area (Å²) in [7, 11) is -1.30. The highest BCUT2D eigenvalue weighted by Crippen LogP contribution is 2.43. The van der Waals surface area contributed by atoms with Gasteiger partial charge in [0.1, 0.15) is 0 Å². The molecular weight excluding hydrogens is 446 g/mol. The molecule has 2 aliphatic carbocycles. The molecule has 3 N–H and O–H groups in total. The number of H-pyrrole nitrogens is 1. The van der Waals surface area contributed by atoms with Crippen molar-refractivity contribution in [1.82, 2.24) is 9.55 Å². The van der Waals surface area contributed by atoms with Gasteiger partial charge in [-0.15, -0.1) is 0 Å². The van der Waals surface area contributed by atoms with Gasteiger partial charge in [0.2, 0.25) is 0 Å². The zero-order chi connectivity index (χ0) is 24.5. The first kappa shape index (κ1) is 24.8. The summed E-state index contributed by atoms with van der Waals surface area (Å²) >= 11 is 0. The van der Waals surface area contributed by atoms with Crippen LogP contribution in [0.5, 0.6) is 0 Å². The van der Waals surface area contributed by atoms with Crippen molar-refractivity contribution in [2.24, 2.45) is 11.3 Å². The Labute approximate surface area is 202 Å². The molecule has 34 heavy (non-hydrogen) atoms. The number of hydrogen-bond acceptors (Lipinski definition) is 5. The fourth-order valence-electron chi connectivity index (χ4n) is 5.79. The number of rotatable bonds is 6. The summed E-state index contributed by atoms with van der Waals surface area (Å²) < 4.78 is 7.35. The smallest absolute Gasteiger partial charge is 0.326 e. The molecule has 0 aliphatic heterocycles. The van der Waals surface area contributed by atoms with E-state index in [0.717, 1.165) is 50.1 Å². The topological polar surface area (TPSA) is 107 Å². The van der Waals surface area contributed by atoms with Crippen LogP contribution in [0.4, 0.5) is 5.69 Å². The number of ether oxygens (including phenoxy) is 1. The van der Waals surface area contributed by atoms with Gasteiger partial charge in [0.25, 0.3) is 0 Å². The van der Waals surface area contributed by atoms with Crippen LogP contribution < -0.4 is 11.4 Å². The monoisotopic (exact) mass is 485 g/mol. The third kappa shape index (κ3) is 5.16. The first-order valence-electron chi connectivity index (χ1n) is 12.8. The van der Waals surface area contributed by atoms with Crippen molar-refractivity contribution in [3.63, 3.8) is 0 Å². The molecule has 0 unspecified atom stereocenters. The molecule has 0 bridgehead atoms. The highest BCUT2D eigenvalue weighted by atomic mass is 28.3. The van der Waals surface area contributed by atoms with Crippen LogP contribution in [-0.2, 0) is 14.3 Å². The van der Waals surface area contributed by atoms with Gasteiger partial charge in [0.15, 0.2) is 0 Å². The number of carbonyl (C=O) groups is 2. The molecular formula is C26H39N3O4Si. The van der Waals surface area contributed by atoms with Crippen molar-refractivity contribution in [2.45, 2.75) is 95.9 Å². The Morgan fingerprint density at radius 2 is 1.79 bits per heavy atom. The number of nitrogens with one attached hydrogen (secondary N) is 1. The lowest BCUT2D eigenvalue weighted by atomic mass is 9.72. The van der Waals surface area contributed by atoms with Gasteiger partial charge in [-0.05, 0) is 57.1 Å². The number of nitrogens with two attached hydrogens (primary N) is 1. The maximum absolute atomic E-state index is 13.3. The zero-order valence-corrected chi connectivity index (χ0v) is 21.8. The lowest BCUT2D eigenvalue weighted by Crippen LogP contribution is -2.39. The van der Waals surface area contributed by atoms with E-state index in [-0.39, 0.29) is 29.6 Å². The van der Waals surface area contributed by atoms with Gasteiger partial charge in [0, 0.05) is 14.1 Å². The Bertz CT molecular complexity index is 1100. The van der Waals surface area contributed by atoms with E-state index in [0.29, 0.717) is 36.9 Å². The molecule has 2 saturated carbocycles. The van der Waals surface area contributed by atoms with Crippen LogP contribution in [0.3, 0.4) is 0 Å². The van der Waals surface area contributed by atoms with Crippen LogP contribution in [0.25, 0.3) is 11.0 Å². The van der Waals surface area contributed by atoms with Crippen molar-refractivity contribution in [1.29, 1.82) is 0 Å². The Hall–Kier alpha value is -2.35. The maximum atomic E-state index is 13.3. The number of fused-ring (bicyclic) bond motifs is 1. The van der Waals surface area contributed by atoms with Crippen LogP contribution in [0.2, 0.25) is 25.7 Å². The van der Waals surface area contributed by atoms with Crippen molar-refractivity contribution < 1.29 is 14.3 Å². The van der Waals surface area contributed by atoms with E-state index in [9.17, 15) is 14.4 Å². The normalized spacial score (nSPS) is 23.0. The van der Waals surface area contributed by atoms with Gasteiger partial charge in [-0.3, -0.25) is 14.2 Å². The highest BCUT2D eigenvalue weighted by molar-refractivity contribution is 6.76. The van der Waals surface area contributed by atoms with E-state index >= 15 is 0 Å². The first-order chi connectivity index (χ1) is 16.1. The Balaban J connectivity index is 1.40. The minimum Gasteiger partial charge on any atom is -0.397 e. The average molecular weight is 486 g/mol. The highest BCUT2D eigenvalue weighted by Gasteiger charge is 2.43. The molecule has 0 saturated heterocycles. The SMILES string of the molecule is C[Si](C)(C)CCC1(C(=O)OC(=O)C2CCC(n3c(=O)[nH]c4c(N)cccc43)CC2)CCCCC1. The summed E-state index contributed by atoms with van der Waals surface area (Å²) in [5, 5.41) is 0. The molecule has 0 spiro atoms. The quantitative estimate of drug-likeness (QED) is 0.247. The van der Waals surface area contributed by atoms with Crippen LogP contribution in [0.1, 0.15) is 70.3 Å². The van der Waals surface area contributed by atoms with Crippen molar-refractivity contribution in [3.05, 3.63) is 28.7 Å². The van der Waals surface area contributed by atoms with Crippen LogP contribution in [0, 0.1) is 11.3 Å². The Morgan fingerprint density at radius 3 is 2.44 bits per heavy atom. The molecule has 0 atom stereocenters. The summed E-state index contributed by atoms with van der Waals surface area (Å²) in [6.45, 7) is 6.98. The van der Waals surface area contributed by atoms with E-state index in [4.69, 9.17) is 10.5 Å². The zero-order valence-electron chi connectivity index (χ0n) is 20.8. The second kappa shape index (κ2) is 9.72.